The molecule has 2 heterocycles. The molecular formula is C47H29N3O. The first-order valence-electron chi connectivity index (χ1n) is 17.1. The molecule has 0 spiro atoms. The minimum atomic E-state index is 0.634. The lowest BCUT2D eigenvalue weighted by Crippen LogP contribution is -2.00. The topological polar surface area (TPSA) is 51.8 Å². The van der Waals surface area contributed by atoms with Crippen molar-refractivity contribution < 1.29 is 4.42 Å². The molecule has 0 unspecified atom stereocenters. The van der Waals surface area contributed by atoms with E-state index in [2.05, 4.69) is 133 Å². The summed E-state index contributed by atoms with van der Waals surface area (Å²) in [7, 11) is 0. The van der Waals surface area contributed by atoms with Gasteiger partial charge in [-0.3, -0.25) is 0 Å². The summed E-state index contributed by atoms with van der Waals surface area (Å²) in [6.07, 6.45) is 0. The maximum absolute atomic E-state index is 6.12. The molecule has 0 aliphatic heterocycles. The quantitative estimate of drug-likeness (QED) is 0.186. The van der Waals surface area contributed by atoms with E-state index in [0.717, 1.165) is 66.1 Å². The number of rotatable bonds is 5. The zero-order chi connectivity index (χ0) is 33.7. The zero-order valence-electron chi connectivity index (χ0n) is 27.5. The van der Waals surface area contributed by atoms with E-state index in [9.17, 15) is 0 Å². The highest BCUT2D eigenvalue weighted by Crippen LogP contribution is 2.38. The molecule has 0 aliphatic carbocycles. The molecule has 4 nitrogen and oxygen atoms in total. The van der Waals surface area contributed by atoms with E-state index in [0.29, 0.717) is 17.5 Å². The monoisotopic (exact) mass is 651 g/mol. The molecular weight excluding hydrogens is 623 g/mol. The van der Waals surface area contributed by atoms with Crippen LogP contribution >= 0.6 is 0 Å². The molecule has 0 radical (unpaired) electrons. The predicted molar refractivity (Wildman–Crippen MR) is 209 cm³/mol. The van der Waals surface area contributed by atoms with E-state index >= 15 is 0 Å². The molecule has 0 amide bonds. The number of hydrogen-bond acceptors (Lipinski definition) is 4. The van der Waals surface area contributed by atoms with Crippen molar-refractivity contribution in [2.75, 3.05) is 0 Å². The van der Waals surface area contributed by atoms with Crippen molar-refractivity contribution in [3.05, 3.63) is 176 Å². The Morgan fingerprint density at radius 2 is 0.843 bits per heavy atom. The number of para-hydroxylation sites is 1. The van der Waals surface area contributed by atoms with Gasteiger partial charge in [0, 0.05) is 27.5 Å². The SMILES string of the molecule is c1ccc(-c2nc(-c3ccc(-c4ccc5ccccc5c4)cc3)nc(-c3ccc(-c4ccc5oc6ccccc6c5c4)c4ccccc34)n2)cc1. The van der Waals surface area contributed by atoms with Crippen LogP contribution in [0.15, 0.2) is 180 Å². The highest BCUT2D eigenvalue weighted by molar-refractivity contribution is 6.09. The fourth-order valence-electron chi connectivity index (χ4n) is 7.16. The minimum absolute atomic E-state index is 0.634. The van der Waals surface area contributed by atoms with Crippen molar-refractivity contribution in [3.63, 3.8) is 0 Å². The van der Waals surface area contributed by atoms with Crippen LogP contribution in [0.5, 0.6) is 0 Å². The molecule has 0 aliphatic rings. The molecule has 238 valence electrons. The van der Waals surface area contributed by atoms with E-state index in [4.69, 9.17) is 19.4 Å². The van der Waals surface area contributed by atoms with Gasteiger partial charge < -0.3 is 4.42 Å². The Balaban J connectivity index is 1.10. The highest BCUT2D eigenvalue weighted by Gasteiger charge is 2.17. The number of nitrogens with zero attached hydrogens (tertiary/aromatic N) is 3. The molecule has 51 heavy (non-hydrogen) atoms. The van der Waals surface area contributed by atoms with Crippen molar-refractivity contribution in [2.45, 2.75) is 0 Å². The Hall–Kier alpha value is -6.91. The lowest BCUT2D eigenvalue weighted by molar-refractivity contribution is 0.669. The first-order valence-corrected chi connectivity index (χ1v) is 17.1. The van der Waals surface area contributed by atoms with Crippen molar-refractivity contribution in [1.82, 2.24) is 15.0 Å². The smallest absolute Gasteiger partial charge is 0.164 e. The van der Waals surface area contributed by atoms with Gasteiger partial charge >= 0.3 is 0 Å². The highest BCUT2D eigenvalue weighted by atomic mass is 16.3. The van der Waals surface area contributed by atoms with Crippen molar-refractivity contribution >= 4 is 43.5 Å². The van der Waals surface area contributed by atoms with Gasteiger partial charge in [0.25, 0.3) is 0 Å². The van der Waals surface area contributed by atoms with Crippen LogP contribution in [0.25, 0.3) is 99.9 Å². The second-order valence-corrected chi connectivity index (χ2v) is 12.8. The van der Waals surface area contributed by atoms with Crippen LogP contribution in [0.2, 0.25) is 0 Å². The van der Waals surface area contributed by atoms with E-state index in [1.54, 1.807) is 0 Å². The van der Waals surface area contributed by atoms with E-state index in [1.807, 2.05) is 42.5 Å². The summed E-state index contributed by atoms with van der Waals surface area (Å²) < 4.78 is 6.12. The van der Waals surface area contributed by atoms with Crippen LogP contribution in [0, 0.1) is 0 Å². The number of hydrogen-bond donors (Lipinski definition) is 0. The Bertz CT molecular complexity index is 2910. The maximum atomic E-state index is 6.12. The van der Waals surface area contributed by atoms with Gasteiger partial charge in [-0.2, -0.15) is 0 Å². The standard InChI is InChI=1S/C47H29N3O/c1-2-11-32(12-3-1)45-48-46(33-21-18-31(19-22-33)35-23-20-30-10-4-5-13-34(30)28-35)50-47(49-45)41-26-25-37(38-14-6-7-15-39(38)41)36-24-27-44-42(29-36)40-16-8-9-17-43(40)51-44/h1-29H. The molecule has 10 rings (SSSR count). The van der Waals surface area contributed by atoms with Gasteiger partial charge in [-0.25, -0.2) is 15.0 Å². The third-order valence-electron chi connectivity index (χ3n) is 9.75. The molecule has 0 saturated carbocycles. The predicted octanol–water partition coefficient (Wildman–Crippen LogP) is 12.4. The molecule has 0 N–H and O–H groups in total. The van der Waals surface area contributed by atoms with Gasteiger partial charge in [0.05, 0.1) is 0 Å². The fraction of sp³-hybridized carbons (Fsp3) is 0. The molecule has 2 aromatic heterocycles. The van der Waals surface area contributed by atoms with Crippen LogP contribution in [0.3, 0.4) is 0 Å². The normalized spacial score (nSPS) is 11.5. The van der Waals surface area contributed by atoms with Crippen LogP contribution in [0.1, 0.15) is 0 Å². The summed E-state index contributed by atoms with van der Waals surface area (Å²) in [5.74, 6) is 1.91. The Morgan fingerprint density at radius 1 is 0.294 bits per heavy atom. The van der Waals surface area contributed by atoms with Crippen LogP contribution in [0.4, 0.5) is 0 Å². The molecule has 8 aromatic carbocycles. The summed E-state index contributed by atoms with van der Waals surface area (Å²) in [4.78, 5) is 15.2. The van der Waals surface area contributed by atoms with Crippen molar-refractivity contribution in [2.24, 2.45) is 0 Å². The summed E-state index contributed by atoms with van der Waals surface area (Å²) >= 11 is 0. The molecule has 0 fully saturated rings. The average molecular weight is 652 g/mol. The third-order valence-corrected chi connectivity index (χ3v) is 9.75. The fourth-order valence-corrected chi connectivity index (χ4v) is 7.16. The number of aromatic nitrogens is 3. The summed E-state index contributed by atoms with van der Waals surface area (Å²) in [5, 5.41) is 6.89. The third kappa shape index (κ3) is 5.13. The van der Waals surface area contributed by atoms with Crippen molar-refractivity contribution in [1.29, 1.82) is 0 Å². The first-order chi connectivity index (χ1) is 25.2. The van der Waals surface area contributed by atoms with E-state index in [-0.39, 0.29) is 0 Å². The van der Waals surface area contributed by atoms with E-state index < -0.39 is 0 Å². The zero-order valence-corrected chi connectivity index (χ0v) is 27.5. The van der Waals surface area contributed by atoms with Crippen LogP contribution in [-0.4, -0.2) is 15.0 Å². The maximum Gasteiger partial charge on any atom is 0.164 e. The second kappa shape index (κ2) is 11.9. The number of furan rings is 1. The molecule has 0 bridgehead atoms. The average Bonchev–Trinajstić information content (AvgIpc) is 3.58. The van der Waals surface area contributed by atoms with Gasteiger partial charge in [0.1, 0.15) is 11.2 Å². The van der Waals surface area contributed by atoms with Gasteiger partial charge in [-0.15, -0.1) is 0 Å². The van der Waals surface area contributed by atoms with E-state index in [1.165, 1.54) is 16.3 Å². The summed E-state index contributed by atoms with van der Waals surface area (Å²) in [6.45, 7) is 0. The molecule has 10 aromatic rings. The van der Waals surface area contributed by atoms with Gasteiger partial charge in [0.15, 0.2) is 17.5 Å². The lowest BCUT2D eigenvalue weighted by atomic mass is 9.94. The first kappa shape index (κ1) is 29.0. The Labute approximate surface area is 294 Å². The lowest BCUT2D eigenvalue weighted by Gasteiger charge is -2.13. The van der Waals surface area contributed by atoms with Gasteiger partial charge in [-0.05, 0) is 74.1 Å². The number of fused-ring (bicyclic) bond motifs is 5. The molecule has 0 saturated heterocycles. The molecule has 4 heteroatoms. The van der Waals surface area contributed by atoms with Crippen LogP contribution < -0.4 is 0 Å². The van der Waals surface area contributed by atoms with Gasteiger partial charge in [-0.1, -0.05) is 146 Å². The molecule has 0 atom stereocenters. The Morgan fingerprint density at radius 3 is 1.65 bits per heavy atom. The van der Waals surface area contributed by atoms with Gasteiger partial charge in [0.2, 0.25) is 0 Å². The van der Waals surface area contributed by atoms with Crippen LogP contribution in [-0.2, 0) is 0 Å². The number of benzene rings is 8. The minimum Gasteiger partial charge on any atom is -0.456 e. The second-order valence-electron chi connectivity index (χ2n) is 12.8. The summed E-state index contributed by atoms with van der Waals surface area (Å²) in [6, 6.07) is 61.2. The Kier molecular flexibility index (Phi) is 6.78. The summed E-state index contributed by atoms with van der Waals surface area (Å²) in [5.41, 5.74) is 9.20. The largest absolute Gasteiger partial charge is 0.456 e. The van der Waals surface area contributed by atoms with Crippen molar-refractivity contribution in [3.8, 4) is 56.4 Å².